The van der Waals surface area contributed by atoms with Crippen LogP contribution in [0.4, 0.5) is 0 Å². The lowest BCUT2D eigenvalue weighted by Crippen LogP contribution is -2.00. The minimum absolute atomic E-state index is 0.195. The maximum atomic E-state index is 9.98. The molecule has 0 atom stereocenters. The van der Waals surface area contributed by atoms with Crippen molar-refractivity contribution in [2.75, 3.05) is 0 Å². The molecule has 0 saturated carbocycles. The largest absolute Gasteiger partial charge is 0.506 e. The second-order valence-electron chi connectivity index (χ2n) is 4.55. The number of nitrogens with zero attached hydrogens (tertiary/aromatic N) is 3. The number of aromatic nitrogens is 3. The first-order valence-corrected chi connectivity index (χ1v) is 8.42. The standard InChI is InChI=1S/C15H15N3O.2C2H6/c1-2-5-11-8-9-15(19)14(10-11)18-16-12-6-3-4-7-13(12)17-18;2*1-2/h3-4,6-10,19H,2,5H2,1H3;2*1-2H3. The van der Waals surface area contributed by atoms with Gasteiger partial charge in [-0.3, -0.25) is 0 Å². The Morgan fingerprint density at radius 3 is 2.00 bits per heavy atom. The van der Waals surface area contributed by atoms with Gasteiger partial charge >= 0.3 is 0 Å². The molecule has 23 heavy (non-hydrogen) atoms. The smallest absolute Gasteiger partial charge is 0.143 e. The van der Waals surface area contributed by atoms with Crippen molar-refractivity contribution in [1.82, 2.24) is 15.0 Å². The van der Waals surface area contributed by atoms with Gasteiger partial charge in [-0.25, -0.2) is 0 Å². The summed E-state index contributed by atoms with van der Waals surface area (Å²) in [4.78, 5) is 1.50. The summed E-state index contributed by atoms with van der Waals surface area (Å²) in [5.74, 6) is 0.195. The van der Waals surface area contributed by atoms with Crippen molar-refractivity contribution >= 4 is 11.0 Å². The molecule has 0 amide bonds. The average molecular weight is 313 g/mol. The van der Waals surface area contributed by atoms with Crippen LogP contribution in [0, 0.1) is 0 Å². The first-order valence-electron chi connectivity index (χ1n) is 8.42. The van der Waals surface area contributed by atoms with E-state index in [1.807, 2.05) is 64.1 Å². The summed E-state index contributed by atoms with van der Waals surface area (Å²) >= 11 is 0. The van der Waals surface area contributed by atoms with E-state index in [4.69, 9.17) is 0 Å². The van der Waals surface area contributed by atoms with Gasteiger partial charge in [-0.2, -0.15) is 0 Å². The molecule has 4 heteroatoms. The second kappa shape index (κ2) is 9.62. The van der Waals surface area contributed by atoms with Crippen LogP contribution < -0.4 is 0 Å². The Hall–Kier alpha value is -2.36. The van der Waals surface area contributed by atoms with E-state index in [2.05, 4.69) is 17.1 Å². The molecule has 0 aliphatic carbocycles. The number of aromatic hydroxyl groups is 1. The first-order chi connectivity index (χ1) is 11.3. The number of benzene rings is 2. The summed E-state index contributed by atoms with van der Waals surface area (Å²) < 4.78 is 0. The number of fused-ring (bicyclic) bond motifs is 1. The fourth-order valence-corrected chi connectivity index (χ4v) is 2.14. The zero-order valence-electron chi connectivity index (χ0n) is 14.7. The Morgan fingerprint density at radius 1 is 0.913 bits per heavy atom. The van der Waals surface area contributed by atoms with Crippen molar-refractivity contribution in [2.45, 2.75) is 47.5 Å². The number of rotatable bonds is 3. The van der Waals surface area contributed by atoms with Gasteiger partial charge in [0.05, 0.1) is 0 Å². The summed E-state index contributed by atoms with van der Waals surface area (Å²) in [6.07, 6.45) is 2.05. The number of phenolic OH excluding ortho intramolecular Hbond substituents is 1. The van der Waals surface area contributed by atoms with Crippen molar-refractivity contribution in [3.05, 3.63) is 48.0 Å². The maximum Gasteiger partial charge on any atom is 0.143 e. The van der Waals surface area contributed by atoms with Gasteiger partial charge in [-0.05, 0) is 36.2 Å². The number of hydrogen-bond acceptors (Lipinski definition) is 3. The molecule has 0 saturated heterocycles. The van der Waals surface area contributed by atoms with Crippen LogP contribution in [0.2, 0.25) is 0 Å². The van der Waals surface area contributed by atoms with Crippen molar-refractivity contribution in [1.29, 1.82) is 0 Å². The van der Waals surface area contributed by atoms with Crippen molar-refractivity contribution in [3.63, 3.8) is 0 Å². The first kappa shape index (κ1) is 18.7. The zero-order chi connectivity index (χ0) is 17.2. The molecule has 3 rings (SSSR count). The molecule has 124 valence electrons. The summed E-state index contributed by atoms with van der Waals surface area (Å²) in [7, 11) is 0. The van der Waals surface area contributed by atoms with Gasteiger partial charge in [-0.15, -0.1) is 15.0 Å². The molecule has 0 fully saturated rings. The maximum absolute atomic E-state index is 9.98. The predicted octanol–water partition coefficient (Wildman–Crippen LogP) is 5.13. The highest BCUT2D eigenvalue weighted by atomic mass is 16.3. The summed E-state index contributed by atoms with van der Waals surface area (Å²) in [6.45, 7) is 10.1. The zero-order valence-corrected chi connectivity index (χ0v) is 14.7. The fourth-order valence-electron chi connectivity index (χ4n) is 2.14. The molecule has 1 N–H and O–H groups in total. The summed E-state index contributed by atoms with van der Waals surface area (Å²) in [5, 5.41) is 18.8. The van der Waals surface area contributed by atoms with Crippen molar-refractivity contribution in [3.8, 4) is 11.4 Å². The van der Waals surface area contributed by atoms with E-state index in [1.165, 1.54) is 10.4 Å². The minimum atomic E-state index is 0.195. The third-order valence-electron chi connectivity index (χ3n) is 3.08. The van der Waals surface area contributed by atoms with Crippen LogP contribution in [-0.2, 0) is 6.42 Å². The van der Waals surface area contributed by atoms with Crippen LogP contribution in [0.25, 0.3) is 16.7 Å². The highest BCUT2D eigenvalue weighted by molar-refractivity contribution is 5.73. The normalized spacial score (nSPS) is 9.61. The van der Waals surface area contributed by atoms with Gasteiger partial charge in [0.25, 0.3) is 0 Å². The van der Waals surface area contributed by atoms with E-state index < -0.39 is 0 Å². The second-order valence-corrected chi connectivity index (χ2v) is 4.55. The quantitative estimate of drug-likeness (QED) is 0.729. The molecule has 1 aromatic heterocycles. The molecule has 2 aromatic carbocycles. The van der Waals surface area contributed by atoms with Crippen LogP contribution in [0.1, 0.15) is 46.6 Å². The monoisotopic (exact) mass is 313 g/mol. The SMILES string of the molecule is CC.CC.CCCc1ccc(O)c(-n2nc3ccccc3n2)c1. The molecule has 0 aliphatic rings. The molecule has 0 aliphatic heterocycles. The molecule has 4 nitrogen and oxygen atoms in total. The molecular weight excluding hydrogens is 286 g/mol. The highest BCUT2D eigenvalue weighted by Crippen LogP contribution is 2.23. The Bertz CT molecular complexity index is 686. The van der Waals surface area contributed by atoms with E-state index in [0.29, 0.717) is 5.69 Å². The van der Waals surface area contributed by atoms with Gasteiger partial charge in [-0.1, -0.05) is 59.2 Å². The predicted molar refractivity (Wildman–Crippen MR) is 97.2 cm³/mol. The van der Waals surface area contributed by atoms with E-state index >= 15 is 0 Å². The van der Waals surface area contributed by atoms with Gasteiger partial charge in [0.2, 0.25) is 0 Å². The molecule has 0 bridgehead atoms. The number of hydrogen-bond donors (Lipinski definition) is 1. The Morgan fingerprint density at radius 2 is 1.48 bits per heavy atom. The van der Waals surface area contributed by atoms with Gasteiger partial charge < -0.3 is 5.11 Å². The van der Waals surface area contributed by atoms with Crippen molar-refractivity contribution < 1.29 is 5.11 Å². The van der Waals surface area contributed by atoms with Gasteiger partial charge in [0.1, 0.15) is 22.5 Å². The Kier molecular flexibility index (Phi) is 7.81. The molecular formula is C19H27N3O. The van der Waals surface area contributed by atoms with Gasteiger partial charge in [0, 0.05) is 0 Å². The van der Waals surface area contributed by atoms with Crippen LogP contribution in [0.5, 0.6) is 5.75 Å². The highest BCUT2D eigenvalue weighted by Gasteiger charge is 2.09. The molecule has 1 heterocycles. The third-order valence-corrected chi connectivity index (χ3v) is 3.08. The Balaban J connectivity index is 0.000000615. The van der Waals surface area contributed by atoms with E-state index in [0.717, 1.165) is 23.9 Å². The summed E-state index contributed by atoms with van der Waals surface area (Å²) in [6, 6.07) is 13.2. The van der Waals surface area contributed by atoms with Crippen molar-refractivity contribution in [2.24, 2.45) is 0 Å². The Labute approximate surface area is 138 Å². The average Bonchev–Trinajstić information content (AvgIpc) is 3.04. The molecule has 0 unspecified atom stereocenters. The van der Waals surface area contributed by atoms with Crippen LogP contribution in [0.3, 0.4) is 0 Å². The summed E-state index contributed by atoms with van der Waals surface area (Å²) in [5.41, 5.74) is 3.45. The van der Waals surface area contributed by atoms with Crippen LogP contribution in [-0.4, -0.2) is 20.1 Å². The number of aryl methyl sites for hydroxylation is 1. The minimum Gasteiger partial charge on any atom is -0.506 e. The topological polar surface area (TPSA) is 50.9 Å². The van der Waals surface area contributed by atoms with E-state index in [9.17, 15) is 5.11 Å². The lowest BCUT2D eigenvalue weighted by atomic mass is 10.1. The molecule has 3 aromatic rings. The molecule has 0 radical (unpaired) electrons. The lowest BCUT2D eigenvalue weighted by molar-refractivity contribution is 0.467. The molecule has 0 spiro atoms. The van der Waals surface area contributed by atoms with Crippen LogP contribution >= 0.6 is 0 Å². The fraction of sp³-hybridized carbons (Fsp3) is 0.368. The third kappa shape index (κ3) is 4.55. The van der Waals surface area contributed by atoms with Crippen LogP contribution in [0.15, 0.2) is 42.5 Å². The van der Waals surface area contributed by atoms with Gasteiger partial charge in [0.15, 0.2) is 0 Å². The van der Waals surface area contributed by atoms with E-state index in [-0.39, 0.29) is 5.75 Å². The van der Waals surface area contributed by atoms with E-state index in [1.54, 1.807) is 6.07 Å². The lowest BCUT2D eigenvalue weighted by Gasteiger charge is -2.05. The number of phenols is 1.